The maximum atomic E-state index is 12.4. The molecule has 6 heteroatoms. The molecule has 0 saturated carbocycles. The van der Waals surface area contributed by atoms with Gasteiger partial charge in [0.25, 0.3) is 5.91 Å². The van der Waals surface area contributed by atoms with Crippen LogP contribution < -0.4 is 4.74 Å². The molecule has 2 aliphatic heterocycles. The smallest absolute Gasteiger partial charge is 0.251 e. The first-order valence-electron chi connectivity index (χ1n) is 7.06. The lowest BCUT2D eigenvalue weighted by atomic mass is 10.1. The van der Waals surface area contributed by atoms with Gasteiger partial charge in [-0.25, -0.2) is 9.97 Å². The summed E-state index contributed by atoms with van der Waals surface area (Å²) in [5.41, 5.74) is 2.01. The second-order valence-corrected chi connectivity index (χ2v) is 5.14. The van der Waals surface area contributed by atoms with E-state index in [1.165, 1.54) is 6.33 Å². The first kappa shape index (κ1) is 13.3. The number of nitrogens with zero attached hydrogens (tertiary/aromatic N) is 3. The van der Waals surface area contributed by atoms with Crippen molar-refractivity contribution < 1.29 is 14.3 Å². The second kappa shape index (κ2) is 5.75. The molecule has 1 fully saturated rings. The highest BCUT2D eigenvalue weighted by Gasteiger charge is 2.30. The van der Waals surface area contributed by atoms with Gasteiger partial charge in [-0.2, -0.15) is 0 Å². The summed E-state index contributed by atoms with van der Waals surface area (Å²) in [5, 5.41) is 0. The molecule has 1 aromatic rings. The summed E-state index contributed by atoms with van der Waals surface area (Å²) in [4.78, 5) is 22.7. The number of carbonyl (C=O) groups is 1. The molecule has 0 bridgehead atoms. The summed E-state index contributed by atoms with van der Waals surface area (Å²) in [5.74, 6) is 0.739. The minimum Gasteiger partial charge on any atom is -0.481 e. The van der Waals surface area contributed by atoms with Gasteiger partial charge >= 0.3 is 0 Å². The van der Waals surface area contributed by atoms with Gasteiger partial charge in [-0.15, -0.1) is 0 Å². The molecule has 108 valence electrons. The van der Waals surface area contributed by atoms with Gasteiger partial charge in [0.2, 0.25) is 5.88 Å². The largest absolute Gasteiger partial charge is 0.481 e. The summed E-state index contributed by atoms with van der Waals surface area (Å²) in [6.07, 6.45) is 4.57. The molecule has 3 rings (SSSR count). The van der Waals surface area contributed by atoms with E-state index < -0.39 is 0 Å². The molecule has 6 nitrogen and oxygen atoms in total. The van der Waals surface area contributed by atoms with Gasteiger partial charge in [0.05, 0.1) is 12.8 Å². The van der Waals surface area contributed by atoms with Crippen LogP contribution in [0.15, 0.2) is 6.33 Å². The number of fused-ring (bicyclic) bond motifs is 1. The minimum atomic E-state index is -0.246. The van der Waals surface area contributed by atoms with Gasteiger partial charge < -0.3 is 14.4 Å². The Hall–Kier alpha value is -1.69. The van der Waals surface area contributed by atoms with Crippen molar-refractivity contribution >= 4 is 5.91 Å². The Morgan fingerprint density at radius 2 is 2.25 bits per heavy atom. The maximum Gasteiger partial charge on any atom is 0.251 e. The van der Waals surface area contributed by atoms with E-state index in [0.717, 1.165) is 36.9 Å². The zero-order valence-corrected chi connectivity index (χ0v) is 11.7. The molecule has 0 N–H and O–H groups in total. The van der Waals surface area contributed by atoms with Crippen LogP contribution in [0.1, 0.15) is 24.1 Å². The van der Waals surface area contributed by atoms with Crippen molar-refractivity contribution in [3.63, 3.8) is 0 Å². The van der Waals surface area contributed by atoms with Crippen molar-refractivity contribution in [2.75, 3.05) is 26.8 Å². The third-order valence-corrected chi connectivity index (χ3v) is 3.96. The standard InChI is InChI=1S/C14H19N3O3/c1-19-13-10-4-6-17(7-5-11(10)15-9-16-13)14(18)12-3-2-8-20-12/h9,12H,2-8H2,1H3/t12-/m0/s1. The number of hydrogen-bond acceptors (Lipinski definition) is 5. The summed E-state index contributed by atoms with van der Waals surface area (Å²) in [7, 11) is 1.61. The molecule has 0 unspecified atom stereocenters. The Labute approximate surface area is 118 Å². The second-order valence-electron chi connectivity index (χ2n) is 5.14. The predicted octanol–water partition coefficient (Wildman–Crippen LogP) is 0.591. The van der Waals surface area contributed by atoms with Crippen molar-refractivity contribution in [3.8, 4) is 5.88 Å². The zero-order chi connectivity index (χ0) is 13.9. The van der Waals surface area contributed by atoms with Crippen molar-refractivity contribution in [1.29, 1.82) is 0 Å². The fourth-order valence-electron chi connectivity index (χ4n) is 2.87. The normalized spacial score (nSPS) is 22.2. The average Bonchev–Trinajstić information content (AvgIpc) is 2.92. The van der Waals surface area contributed by atoms with Gasteiger partial charge in [-0.05, 0) is 19.3 Å². The molecule has 0 aliphatic carbocycles. The fraction of sp³-hybridized carbons (Fsp3) is 0.643. The van der Waals surface area contributed by atoms with E-state index >= 15 is 0 Å². The number of aromatic nitrogens is 2. The first-order valence-corrected chi connectivity index (χ1v) is 7.06. The number of carbonyl (C=O) groups excluding carboxylic acids is 1. The summed E-state index contributed by atoms with van der Waals surface area (Å²) in [6.45, 7) is 2.06. The lowest BCUT2D eigenvalue weighted by molar-refractivity contribution is -0.140. The molecular formula is C14H19N3O3. The number of methoxy groups -OCH3 is 1. The highest BCUT2D eigenvalue weighted by molar-refractivity contribution is 5.81. The Balaban J connectivity index is 1.73. The van der Waals surface area contributed by atoms with Crippen LogP contribution in [0.3, 0.4) is 0 Å². The minimum absolute atomic E-state index is 0.113. The molecule has 1 amide bonds. The predicted molar refractivity (Wildman–Crippen MR) is 71.5 cm³/mol. The van der Waals surface area contributed by atoms with Crippen LogP contribution in [-0.4, -0.2) is 53.7 Å². The first-order chi connectivity index (χ1) is 9.79. The van der Waals surface area contributed by atoms with Gasteiger partial charge in [0.1, 0.15) is 12.4 Å². The summed E-state index contributed by atoms with van der Waals surface area (Å²) < 4.78 is 10.8. The van der Waals surface area contributed by atoms with E-state index in [0.29, 0.717) is 25.6 Å². The van der Waals surface area contributed by atoms with Crippen molar-refractivity contribution in [2.45, 2.75) is 31.8 Å². The molecule has 2 aliphatic rings. The Morgan fingerprint density at radius 1 is 1.40 bits per heavy atom. The van der Waals surface area contributed by atoms with E-state index in [4.69, 9.17) is 9.47 Å². The highest BCUT2D eigenvalue weighted by Crippen LogP contribution is 2.23. The molecule has 20 heavy (non-hydrogen) atoms. The molecule has 0 spiro atoms. The van der Waals surface area contributed by atoms with Crippen molar-refractivity contribution in [2.24, 2.45) is 0 Å². The number of amides is 1. The van der Waals surface area contributed by atoms with Gasteiger partial charge in [-0.1, -0.05) is 0 Å². The number of hydrogen-bond donors (Lipinski definition) is 0. The van der Waals surface area contributed by atoms with Crippen molar-refractivity contribution in [3.05, 3.63) is 17.6 Å². The zero-order valence-electron chi connectivity index (χ0n) is 11.7. The number of rotatable bonds is 2. The van der Waals surface area contributed by atoms with Crippen LogP contribution in [0.2, 0.25) is 0 Å². The molecule has 1 atom stereocenters. The van der Waals surface area contributed by atoms with E-state index in [2.05, 4.69) is 9.97 Å². The molecular weight excluding hydrogens is 258 g/mol. The van der Waals surface area contributed by atoms with Gasteiger partial charge in [-0.3, -0.25) is 4.79 Å². The average molecular weight is 277 g/mol. The van der Waals surface area contributed by atoms with E-state index in [1.54, 1.807) is 7.11 Å². The highest BCUT2D eigenvalue weighted by atomic mass is 16.5. The monoisotopic (exact) mass is 277 g/mol. The fourth-order valence-corrected chi connectivity index (χ4v) is 2.87. The van der Waals surface area contributed by atoms with Gasteiger partial charge in [0, 0.05) is 31.7 Å². The summed E-state index contributed by atoms with van der Waals surface area (Å²) >= 11 is 0. The van der Waals surface area contributed by atoms with Crippen LogP contribution in [0.25, 0.3) is 0 Å². The lowest BCUT2D eigenvalue weighted by Crippen LogP contribution is -2.40. The molecule has 1 aromatic heterocycles. The topological polar surface area (TPSA) is 64.6 Å². The van der Waals surface area contributed by atoms with E-state index in [1.807, 2.05) is 4.90 Å². The molecule has 1 saturated heterocycles. The summed E-state index contributed by atoms with van der Waals surface area (Å²) in [6, 6.07) is 0. The Morgan fingerprint density at radius 3 is 3.00 bits per heavy atom. The maximum absolute atomic E-state index is 12.4. The Bertz CT molecular complexity index is 500. The van der Waals surface area contributed by atoms with Gasteiger partial charge in [0.15, 0.2) is 0 Å². The quantitative estimate of drug-likeness (QED) is 0.791. The number of ether oxygens (including phenoxy) is 2. The lowest BCUT2D eigenvalue weighted by Gasteiger charge is -2.23. The third kappa shape index (κ3) is 2.47. The van der Waals surface area contributed by atoms with E-state index in [9.17, 15) is 4.79 Å². The van der Waals surface area contributed by atoms with Crippen LogP contribution in [0.4, 0.5) is 0 Å². The molecule has 3 heterocycles. The SMILES string of the molecule is COc1ncnc2c1CCN(C(=O)[C@@H]1CCCO1)CC2. The van der Waals surface area contributed by atoms with Crippen LogP contribution >= 0.6 is 0 Å². The molecule has 0 aromatic carbocycles. The van der Waals surface area contributed by atoms with Crippen LogP contribution in [0, 0.1) is 0 Å². The van der Waals surface area contributed by atoms with Crippen LogP contribution in [-0.2, 0) is 22.4 Å². The molecule has 0 radical (unpaired) electrons. The third-order valence-electron chi connectivity index (χ3n) is 3.96. The van der Waals surface area contributed by atoms with Crippen molar-refractivity contribution in [1.82, 2.24) is 14.9 Å². The Kier molecular flexibility index (Phi) is 3.82. The van der Waals surface area contributed by atoms with Crippen LogP contribution in [0.5, 0.6) is 5.88 Å². The van der Waals surface area contributed by atoms with E-state index in [-0.39, 0.29) is 12.0 Å².